The van der Waals surface area contributed by atoms with Crippen LogP contribution in [0.4, 0.5) is 0 Å². The number of methoxy groups -OCH3 is 2. The minimum Gasteiger partial charge on any atom is -0.481 e. The number of hydrogen-bond donors (Lipinski definition) is 0. The van der Waals surface area contributed by atoms with Crippen molar-refractivity contribution in [3.05, 3.63) is 18.0 Å². The molecule has 0 saturated heterocycles. The van der Waals surface area contributed by atoms with Crippen molar-refractivity contribution in [2.45, 2.75) is 6.92 Å². The van der Waals surface area contributed by atoms with Gasteiger partial charge in [-0.15, -0.1) is 0 Å². The van der Waals surface area contributed by atoms with Gasteiger partial charge in [0.05, 0.1) is 26.9 Å². The Bertz CT molecular complexity index is 418. The van der Waals surface area contributed by atoms with Gasteiger partial charge >= 0.3 is 5.97 Å². The molecular formula is C11H14N2O4. The highest BCUT2D eigenvalue weighted by Gasteiger charge is 2.04. The highest BCUT2D eigenvalue weighted by Crippen LogP contribution is 2.15. The summed E-state index contributed by atoms with van der Waals surface area (Å²) in [4.78, 5) is 19.0. The van der Waals surface area contributed by atoms with E-state index in [1.807, 2.05) is 6.92 Å². The number of nitrogens with zero attached hydrogens (tertiary/aromatic N) is 2. The fraction of sp³-hybridized carbons (Fsp3) is 0.364. The Morgan fingerprint density at radius 3 is 2.65 bits per heavy atom. The summed E-state index contributed by atoms with van der Waals surface area (Å²) >= 11 is 0. The molecule has 6 heteroatoms. The minimum atomic E-state index is -0.477. The molecule has 0 aliphatic rings. The molecule has 0 radical (unpaired) electrons. The summed E-state index contributed by atoms with van der Waals surface area (Å²) in [6.07, 6.45) is 2.65. The van der Waals surface area contributed by atoms with Crippen LogP contribution in [-0.2, 0) is 9.53 Å². The van der Waals surface area contributed by atoms with Crippen LogP contribution in [-0.4, -0.2) is 36.8 Å². The fourth-order valence-electron chi connectivity index (χ4n) is 1.03. The molecule has 0 atom stereocenters. The summed E-state index contributed by atoms with van der Waals surface area (Å²) in [5.41, 5.74) is 0. The van der Waals surface area contributed by atoms with Crippen molar-refractivity contribution in [3.8, 4) is 11.8 Å². The first-order valence-corrected chi connectivity index (χ1v) is 5.01. The van der Waals surface area contributed by atoms with E-state index in [-0.39, 0.29) is 0 Å². The Balaban J connectivity index is 2.94. The van der Waals surface area contributed by atoms with E-state index >= 15 is 0 Å². The number of hydrogen-bond acceptors (Lipinski definition) is 6. The molecule has 0 aliphatic heterocycles. The molecule has 92 valence electrons. The normalized spacial score (nSPS) is 10.3. The molecule has 17 heavy (non-hydrogen) atoms. The topological polar surface area (TPSA) is 70.5 Å². The van der Waals surface area contributed by atoms with Gasteiger partial charge in [0, 0.05) is 6.08 Å². The van der Waals surface area contributed by atoms with Gasteiger partial charge in [0.15, 0.2) is 5.82 Å². The Labute approximate surface area is 99.2 Å². The van der Waals surface area contributed by atoms with Gasteiger partial charge in [-0.1, -0.05) is 0 Å². The van der Waals surface area contributed by atoms with Gasteiger partial charge in [0.1, 0.15) is 0 Å². The van der Waals surface area contributed by atoms with Crippen LogP contribution in [0.15, 0.2) is 12.1 Å². The van der Waals surface area contributed by atoms with Gasteiger partial charge in [0.25, 0.3) is 0 Å². The van der Waals surface area contributed by atoms with E-state index in [0.29, 0.717) is 24.2 Å². The molecule has 0 saturated carbocycles. The first-order chi connectivity index (χ1) is 8.19. The summed E-state index contributed by atoms with van der Waals surface area (Å²) in [5, 5.41) is 0. The molecule has 0 aromatic carbocycles. The van der Waals surface area contributed by atoms with E-state index in [4.69, 9.17) is 9.47 Å². The Hall–Kier alpha value is -2.11. The lowest BCUT2D eigenvalue weighted by Crippen LogP contribution is -2.00. The molecule has 1 aromatic rings. The molecule has 6 nitrogen and oxygen atoms in total. The second-order valence-electron chi connectivity index (χ2n) is 2.90. The zero-order valence-corrected chi connectivity index (χ0v) is 9.97. The predicted octanol–water partition coefficient (Wildman–Crippen LogP) is 1.07. The summed E-state index contributed by atoms with van der Waals surface area (Å²) in [5.74, 6) is 0.601. The fourth-order valence-corrected chi connectivity index (χ4v) is 1.03. The highest BCUT2D eigenvalue weighted by atomic mass is 16.5. The lowest BCUT2D eigenvalue weighted by Gasteiger charge is -2.05. The average molecular weight is 238 g/mol. The van der Waals surface area contributed by atoms with E-state index in [9.17, 15) is 4.79 Å². The molecule has 0 amide bonds. The molecule has 0 fully saturated rings. The first-order valence-electron chi connectivity index (χ1n) is 5.01. The van der Waals surface area contributed by atoms with Crippen LogP contribution in [0.25, 0.3) is 6.08 Å². The van der Waals surface area contributed by atoms with Crippen molar-refractivity contribution < 1.29 is 19.0 Å². The van der Waals surface area contributed by atoms with Crippen LogP contribution in [0, 0.1) is 0 Å². The smallest absolute Gasteiger partial charge is 0.330 e. The molecule has 1 aromatic heterocycles. The number of esters is 1. The van der Waals surface area contributed by atoms with Gasteiger partial charge in [-0.05, 0) is 13.0 Å². The Morgan fingerprint density at radius 1 is 1.35 bits per heavy atom. The summed E-state index contributed by atoms with van der Waals surface area (Å²) in [7, 11) is 2.79. The summed E-state index contributed by atoms with van der Waals surface area (Å²) in [6.45, 7) is 2.33. The molecule has 0 N–H and O–H groups in total. The quantitative estimate of drug-likeness (QED) is 0.564. The molecule has 0 spiro atoms. The molecule has 0 unspecified atom stereocenters. The van der Waals surface area contributed by atoms with Gasteiger partial charge in [-0.25, -0.2) is 4.79 Å². The van der Waals surface area contributed by atoms with Crippen molar-refractivity contribution in [3.63, 3.8) is 0 Å². The van der Waals surface area contributed by atoms with Crippen molar-refractivity contribution in [1.29, 1.82) is 0 Å². The summed E-state index contributed by atoms with van der Waals surface area (Å²) in [6, 6.07) is 1.57. The lowest BCUT2D eigenvalue weighted by molar-refractivity contribution is -0.134. The Morgan fingerprint density at radius 2 is 2.06 bits per heavy atom. The predicted molar refractivity (Wildman–Crippen MR) is 60.8 cm³/mol. The van der Waals surface area contributed by atoms with Crippen molar-refractivity contribution in [2.24, 2.45) is 0 Å². The van der Waals surface area contributed by atoms with Crippen molar-refractivity contribution >= 4 is 12.0 Å². The third-order valence-corrected chi connectivity index (χ3v) is 1.77. The monoisotopic (exact) mass is 238 g/mol. The number of carbonyl (C=O) groups is 1. The van der Waals surface area contributed by atoms with Gasteiger partial charge in [-0.2, -0.15) is 9.97 Å². The average Bonchev–Trinajstić information content (AvgIpc) is 2.36. The Kier molecular flexibility index (Phi) is 4.93. The third-order valence-electron chi connectivity index (χ3n) is 1.77. The maximum absolute atomic E-state index is 10.9. The van der Waals surface area contributed by atoms with Crippen molar-refractivity contribution in [2.75, 3.05) is 20.8 Å². The maximum atomic E-state index is 10.9. The zero-order valence-electron chi connectivity index (χ0n) is 9.97. The lowest BCUT2D eigenvalue weighted by atomic mass is 10.4. The molecule has 0 bridgehead atoms. The van der Waals surface area contributed by atoms with Crippen LogP contribution in [0.5, 0.6) is 11.8 Å². The second-order valence-corrected chi connectivity index (χ2v) is 2.90. The third kappa shape index (κ3) is 4.10. The highest BCUT2D eigenvalue weighted by molar-refractivity contribution is 5.86. The number of ether oxygens (including phenoxy) is 3. The molecular weight excluding hydrogens is 224 g/mol. The van der Waals surface area contributed by atoms with Crippen LogP contribution in [0.1, 0.15) is 12.7 Å². The van der Waals surface area contributed by atoms with E-state index in [0.717, 1.165) is 0 Å². The van der Waals surface area contributed by atoms with Gasteiger partial charge in [-0.3, -0.25) is 0 Å². The molecule has 1 heterocycles. The number of carbonyl (C=O) groups excluding carboxylic acids is 1. The standard InChI is InChI=1S/C11H14N2O4/c1-4-17-10-7-9(15-2)12-8(13-10)5-6-11(14)16-3/h5-7H,4H2,1-3H3. The summed E-state index contributed by atoms with van der Waals surface area (Å²) < 4.78 is 14.7. The van der Waals surface area contributed by atoms with Crippen LogP contribution >= 0.6 is 0 Å². The molecule has 0 aliphatic carbocycles. The van der Waals surface area contributed by atoms with Crippen LogP contribution in [0.2, 0.25) is 0 Å². The largest absolute Gasteiger partial charge is 0.481 e. The van der Waals surface area contributed by atoms with E-state index in [2.05, 4.69) is 14.7 Å². The van der Waals surface area contributed by atoms with E-state index in [1.54, 1.807) is 6.07 Å². The first kappa shape index (κ1) is 13.0. The van der Waals surface area contributed by atoms with Crippen LogP contribution < -0.4 is 9.47 Å². The van der Waals surface area contributed by atoms with Gasteiger partial charge < -0.3 is 14.2 Å². The zero-order chi connectivity index (χ0) is 12.7. The minimum absolute atomic E-state index is 0.318. The second kappa shape index (κ2) is 6.47. The number of aromatic nitrogens is 2. The van der Waals surface area contributed by atoms with E-state index < -0.39 is 5.97 Å². The van der Waals surface area contributed by atoms with E-state index in [1.165, 1.54) is 26.4 Å². The van der Waals surface area contributed by atoms with Crippen molar-refractivity contribution in [1.82, 2.24) is 9.97 Å². The van der Waals surface area contributed by atoms with Gasteiger partial charge in [0.2, 0.25) is 11.8 Å². The molecule has 1 rings (SSSR count). The number of rotatable bonds is 5. The maximum Gasteiger partial charge on any atom is 0.330 e. The SMILES string of the molecule is CCOc1cc(OC)nc(C=CC(=O)OC)n1. The van der Waals surface area contributed by atoms with Crippen LogP contribution in [0.3, 0.4) is 0 Å².